The summed E-state index contributed by atoms with van der Waals surface area (Å²) in [6, 6.07) is 3.85. The van der Waals surface area contributed by atoms with Gasteiger partial charge in [-0.25, -0.2) is 4.98 Å². The van der Waals surface area contributed by atoms with Crippen molar-refractivity contribution in [3.05, 3.63) is 28.5 Å². The fourth-order valence-electron chi connectivity index (χ4n) is 0.947. The van der Waals surface area contributed by atoms with E-state index in [1.807, 2.05) is 19.1 Å². The van der Waals surface area contributed by atoms with Crippen LogP contribution in [-0.2, 0) is 11.2 Å². The summed E-state index contributed by atoms with van der Waals surface area (Å²) in [5.74, 6) is 0.0768. The highest BCUT2D eigenvalue weighted by Gasteiger charge is 2.01. The maximum absolute atomic E-state index is 10.3. The largest absolute Gasteiger partial charge is 0.303 e. The lowest BCUT2D eigenvalue weighted by molar-refractivity contribution is -0.110. The maximum atomic E-state index is 10.3. The second-order valence-electron chi connectivity index (χ2n) is 2.81. The van der Waals surface area contributed by atoms with Gasteiger partial charge in [-0.1, -0.05) is 13.0 Å². The molecule has 0 aliphatic heterocycles. The summed E-state index contributed by atoms with van der Waals surface area (Å²) in [6.45, 7) is 1.90. The monoisotopic (exact) mass is 227 g/mol. The van der Waals surface area contributed by atoms with E-state index in [1.54, 1.807) is 6.20 Å². The minimum atomic E-state index is 0.0768. The Morgan fingerprint density at radius 1 is 1.67 bits per heavy atom. The first kappa shape index (κ1) is 9.39. The van der Waals surface area contributed by atoms with Gasteiger partial charge in [-0.15, -0.1) is 0 Å². The van der Waals surface area contributed by atoms with Crippen LogP contribution in [0.3, 0.4) is 0 Å². The lowest BCUT2D eigenvalue weighted by atomic mass is 10.0. The number of nitrogens with zero attached hydrogens (tertiary/aromatic N) is 1. The normalized spacial score (nSPS) is 12.5. The van der Waals surface area contributed by atoms with Crippen LogP contribution in [-0.4, -0.2) is 11.3 Å². The average molecular weight is 228 g/mol. The van der Waals surface area contributed by atoms with Gasteiger partial charge in [-0.3, -0.25) is 0 Å². The zero-order valence-corrected chi connectivity index (χ0v) is 8.41. The van der Waals surface area contributed by atoms with Crippen LogP contribution in [0.15, 0.2) is 22.9 Å². The van der Waals surface area contributed by atoms with Gasteiger partial charge in [0.2, 0.25) is 0 Å². The Bertz CT molecular complexity index is 258. The number of hydrogen-bond donors (Lipinski definition) is 0. The number of aromatic nitrogens is 1. The number of aldehydes is 1. The molecule has 0 fully saturated rings. The molecule has 0 radical (unpaired) electrons. The second-order valence-corrected chi connectivity index (χ2v) is 3.62. The zero-order chi connectivity index (χ0) is 8.97. The third-order valence-electron chi connectivity index (χ3n) is 1.58. The van der Waals surface area contributed by atoms with Gasteiger partial charge >= 0.3 is 0 Å². The standard InChI is InChI=1S/C9H10BrNO/c1-7(6-12)4-8-2-3-9(10)11-5-8/h2-3,5-7H,4H2,1H3. The Kier molecular flexibility index (Phi) is 3.41. The predicted molar refractivity (Wildman–Crippen MR) is 50.9 cm³/mol. The van der Waals surface area contributed by atoms with Crippen LogP contribution < -0.4 is 0 Å². The summed E-state index contributed by atoms with van der Waals surface area (Å²) in [7, 11) is 0. The number of hydrogen-bond acceptors (Lipinski definition) is 2. The molecule has 1 unspecified atom stereocenters. The van der Waals surface area contributed by atoms with E-state index in [9.17, 15) is 4.79 Å². The predicted octanol–water partition coefficient (Wildman–Crippen LogP) is 2.22. The van der Waals surface area contributed by atoms with E-state index < -0.39 is 0 Å². The molecule has 2 nitrogen and oxygen atoms in total. The molecule has 0 spiro atoms. The SMILES string of the molecule is CC(C=O)Cc1ccc(Br)nc1. The molecule has 1 atom stereocenters. The Hall–Kier alpha value is -0.700. The Labute approximate surface area is 80.1 Å². The summed E-state index contributed by atoms with van der Waals surface area (Å²) >= 11 is 3.25. The smallest absolute Gasteiger partial charge is 0.123 e. The number of rotatable bonds is 3. The minimum absolute atomic E-state index is 0.0768. The van der Waals surface area contributed by atoms with E-state index in [0.29, 0.717) is 0 Å². The first-order chi connectivity index (χ1) is 5.72. The number of halogens is 1. The molecule has 1 aromatic heterocycles. The Morgan fingerprint density at radius 2 is 2.42 bits per heavy atom. The van der Waals surface area contributed by atoms with Crippen molar-refractivity contribution in [3.63, 3.8) is 0 Å². The summed E-state index contributed by atoms with van der Waals surface area (Å²) in [6.07, 6.45) is 3.51. The maximum Gasteiger partial charge on any atom is 0.123 e. The van der Waals surface area contributed by atoms with Crippen LogP contribution in [0.2, 0.25) is 0 Å². The van der Waals surface area contributed by atoms with Crippen LogP contribution >= 0.6 is 15.9 Å². The van der Waals surface area contributed by atoms with Gasteiger partial charge in [0.25, 0.3) is 0 Å². The van der Waals surface area contributed by atoms with Crippen molar-refractivity contribution < 1.29 is 4.79 Å². The summed E-state index contributed by atoms with van der Waals surface area (Å²) in [5, 5.41) is 0. The van der Waals surface area contributed by atoms with E-state index in [0.717, 1.165) is 22.9 Å². The topological polar surface area (TPSA) is 30.0 Å². The zero-order valence-electron chi connectivity index (χ0n) is 6.83. The fraction of sp³-hybridized carbons (Fsp3) is 0.333. The Balaban J connectivity index is 2.64. The van der Waals surface area contributed by atoms with Crippen molar-refractivity contribution in [2.75, 3.05) is 0 Å². The van der Waals surface area contributed by atoms with Gasteiger partial charge in [0.05, 0.1) is 0 Å². The highest BCUT2D eigenvalue weighted by molar-refractivity contribution is 9.10. The van der Waals surface area contributed by atoms with Gasteiger partial charge in [-0.2, -0.15) is 0 Å². The van der Waals surface area contributed by atoms with Crippen LogP contribution in [0, 0.1) is 5.92 Å². The van der Waals surface area contributed by atoms with Crippen molar-refractivity contribution >= 4 is 22.2 Å². The van der Waals surface area contributed by atoms with Crippen molar-refractivity contribution in [1.29, 1.82) is 0 Å². The Morgan fingerprint density at radius 3 is 2.92 bits per heavy atom. The van der Waals surface area contributed by atoms with Gasteiger partial charge in [0.1, 0.15) is 10.9 Å². The molecule has 12 heavy (non-hydrogen) atoms. The summed E-state index contributed by atoms with van der Waals surface area (Å²) in [5.41, 5.74) is 1.10. The molecule has 0 N–H and O–H groups in total. The lowest BCUT2D eigenvalue weighted by Gasteiger charge is -2.02. The molecule has 0 amide bonds. The van der Waals surface area contributed by atoms with E-state index in [-0.39, 0.29) is 5.92 Å². The fourth-order valence-corrected chi connectivity index (χ4v) is 1.18. The first-order valence-electron chi connectivity index (χ1n) is 3.78. The first-order valence-corrected chi connectivity index (χ1v) is 4.57. The quantitative estimate of drug-likeness (QED) is 0.586. The van der Waals surface area contributed by atoms with E-state index in [4.69, 9.17) is 0 Å². The molecule has 1 aromatic rings. The van der Waals surface area contributed by atoms with Gasteiger partial charge in [0, 0.05) is 12.1 Å². The third kappa shape index (κ3) is 2.74. The average Bonchev–Trinajstić information content (AvgIpc) is 2.09. The summed E-state index contributed by atoms with van der Waals surface area (Å²) in [4.78, 5) is 14.4. The molecule has 1 rings (SSSR count). The molecule has 0 bridgehead atoms. The van der Waals surface area contributed by atoms with Gasteiger partial charge < -0.3 is 4.79 Å². The van der Waals surface area contributed by atoms with Gasteiger partial charge in [0.15, 0.2) is 0 Å². The highest BCUT2D eigenvalue weighted by Crippen LogP contribution is 2.09. The third-order valence-corrected chi connectivity index (χ3v) is 2.05. The molecule has 1 heterocycles. The van der Waals surface area contributed by atoms with Crippen LogP contribution in [0.4, 0.5) is 0 Å². The van der Waals surface area contributed by atoms with E-state index in [2.05, 4.69) is 20.9 Å². The molecular weight excluding hydrogens is 218 g/mol. The highest BCUT2D eigenvalue weighted by atomic mass is 79.9. The lowest BCUT2D eigenvalue weighted by Crippen LogP contribution is -2.00. The molecule has 0 saturated carbocycles. The minimum Gasteiger partial charge on any atom is -0.303 e. The molecule has 0 aliphatic carbocycles. The molecule has 64 valence electrons. The van der Waals surface area contributed by atoms with Gasteiger partial charge in [-0.05, 0) is 34.0 Å². The van der Waals surface area contributed by atoms with E-state index in [1.165, 1.54) is 0 Å². The van der Waals surface area contributed by atoms with Crippen LogP contribution in [0.5, 0.6) is 0 Å². The number of carbonyl (C=O) groups is 1. The number of pyridine rings is 1. The van der Waals surface area contributed by atoms with Crippen LogP contribution in [0.1, 0.15) is 12.5 Å². The van der Waals surface area contributed by atoms with Crippen molar-refractivity contribution in [2.45, 2.75) is 13.3 Å². The molecular formula is C9H10BrNO. The van der Waals surface area contributed by atoms with Crippen molar-refractivity contribution in [2.24, 2.45) is 5.92 Å². The summed E-state index contributed by atoms with van der Waals surface area (Å²) < 4.78 is 0.824. The number of carbonyl (C=O) groups excluding carboxylic acids is 1. The van der Waals surface area contributed by atoms with Crippen LogP contribution in [0.25, 0.3) is 0 Å². The molecule has 0 saturated heterocycles. The van der Waals surface area contributed by atoms with Crippen molar-refractivity contribution in [1.82, 2.24) is 4.98 Å². The molecule has 0 aromatic carbocycles. The second kappa shape index (κ2) is 4.36. The molecule has 0 aliphatic rings. The van der Waals surface area contributed by atoms with E-state index >= 15 is 0 Å². The van der Waals surface area contributed by atoms with Crippen molar-refractivity contribution in [3.8, 4) is 0 Å². The molecule has 3 heteroatoms.